The van der Waals surface area contributed by atoms with Gasteiger partial charge in [-0.3, -0.25) is 0 Å². The van der Waals surface area contributed by atoms with Gasteiger partial charge < -0.3 is 4.57 Å². The maximum Gasteiger partial charge on any atom is 0.110 e. The highest BCUT2D eigenvalue weighted by Crippen LogP contribution is 2.49. The third kappa shape index (κ3) is 3.95. The second-order valence-electron chi connectivity index (χ2n) is 10.8. The van der Waals surface area contributed by atoms with Gasteiger partial charge in [-0.15, -0.1) is 22.7 Å². The minimum absolute atomic E-state index is 0.978. The lowest BCUT2D eigenvalue weighted by molar-refractivity contribution is 1.19. The number of thiophene rings is 2. The molecule has 0 radical (unpaired) electrons. The molecular formula is C39H24N2S2. The molecule has 4 aromatic heterocycles. The lowest BCUT2D eigenvalue weighted by atomic mass is 9.98. The SMILES string of the molecule is c1ccc(-c2cc(-c3ccc4c(c3)c3c5sc6ccccc6c5sc3n4-c3ccccc3)cc(-c3ccccc3)n2)cc1. The molecule has 2 nitrogen and oxygen atoms in total. The predicted octanol–water partition coefficient (Wildman–Crippen LogP) is 11.6. The van der Waals surface area contributed by atoms with Crippen LogP contribution in [0, 0.1) is 0 Å². The van der Waals surface area contributed by atoms with Crippen LogP contribution in [0.4, 0.5) is 0 Å². The first-order valence-electron chi connectivity index (χ1n) is 14.4. The molecule has 0 fully saturated rings. The second-order valence-corrected chi connectivity index (χ2v) is 12.9. The smallest absolute Gasteiger partial charge is 0.110 e. The van der Waals surface area contributed by atoms with Gasteiger partial charge in [0, 0.05) is 37.7 Å². The van der Waals surface area contributed by atoms with E-state index < -0.39 is 0 Å². The summed E-state index contributed by atoms with van der Waals surface area (Å²) in [6, 6.07) is 51.9. The van der Waals surface area contributed by atoms with Crippen LogP contribution in [0.2, 0.25) is 0 Å². The monoisotopic (exact) mass is 584 g/mol. The first kappa shape index (κ1) is 24.6. The van der Waals surface area contributed by atoms with Crippen molar-refractivity contribution in [2.45, 2.75) is 0 Å². The second kappa shape index (κ2) is 9.77. The Morgan fingerprint density at radius 3 is 1.79 bits per heavy atom. The largest absolute Gasteiger partial charge is 0.301 e. The summed E-state index contributed by atoms with van der Waals surface area (Å²) in [6.07, 6.45) is 0. The number of aromatic nitrogens is 2. The molecule has 0 amide bonds. The molecule has 4 heteroatoms. The zero-order valence-corrected chi connectivity index (χ0v) is 24.7. The molecule has 0 aliphatic carbocycles. The number of pyridine rings is 1. The average Bonchev–Trinajstić information content (AvgIpc) is 3.72. The van der Waals surface area contributed by atoms with Gasteiger partial charge in [-0.2, -0.15) is 0 Å². The molecule has 0 aliphatic rings. The Balaban J connectivity index is 1.34. The minimum Gasteiger partial charge on any atom is -0.301 e. The molecule has 0 aliphatic heterocycles. The van der Waals surface area contributed by atoms with Crippen molar-refractivity contribution in [2.75, 3.05) is 0 Å². The fraction of sp³-hybridized carbons (Fsp3) is 0. The van der Waals surface area contributed by atoms with Crippen molar-refractivity contribution >= 4 is 63.3 Å². The summed E-state index contributed by atoms with van der Waals surface area (Å²) in [4.78, 5) is 6.41. The summed E-state index contributed by atoms with van der Waals surface area (Å²) in [6.45, 7) is 0. The van der Waals surface area contributed by atoms with Crippen LogP contribution in [0.15, 0.2) is 146 Å². The summed E-state index contributed by atoms with van der Waals surface area (Å²) < 4.78 is 6.54. The van der Waals surface area contributed by atoms with Gasteiger partial charge >= 0.3 is 0 Å². The lowest BCUT2D eigenvalue weighted by Gasteiger charge is -2.11. The van der Waals surface area contributed by atoms with E-state index in [2.05, 4.69) is 150 Å². The molecule has 0 bridgehead atoms. The summed E-state index contributed by atoms with van der Waals surface area (Å²) in [5.41, 5.74) is 8.97. The van der Waals surface area contributed by atoms with Crippen LogP contribution in [0.5, 0.6) is 0 Å². The van der Waals surface area contributed by atoms with Crippen LogP contribution in [0.1, 0.15) is 0 Å². The highest BCUT2D eigenvalue weighted by molar-refractivity contribution is 7.36. The lowest BCUT2D eigenvalue weighted by Crippen LogP contribution is -1.93. The first-order chi connectivity index (χ1) is 21.3. The van der Waals surface area contributed by atoms with Gasteiger partial charge in [0.15, 0.2) is 0 Å². The van der Waals surface area contributed by atoms with Crippen molar-refractivity contribution in [3.63, 3.8) is 0 Å². The fourth-order valence-corrected chi connectivity index (χ4v) is 9.01. The number of para-hydroxylation sites is 1. The van der Waals surface area contributed by atoms with Crippen molar-refractivity contribution < 1.29 is 0 Å². The van der Waals surface area contributed by atoms with Crippen molar-refractivity contribution in [3.8, 4) is 39.3 Å². The number of benzene rings is 5. The highest BCUT2D eigenvalue weighted by Gasteiger charge is 2.21. The van der Waals surface area contributed by atoms with E-state index in [1.165, 1.54) is 51.9 Å². The summed E-state index contributed by atoms with van der Waals surface area (Å²) >= 11 is 3.82. The number of nitrogens with zero attached hydrogens (tertiary/aromatic N) is 2. The van der Waals surface area contributed by atoms with Crippen molar-refractivity contribution in [2.24, 2.45) is 0 Å². The van der Waals surface area contributed by atoms with Gasteiger partial charge in [-0.25, -0.2) is 4.98 Å². The van der Waals surface area contributed by atoms with Crippen molar-refractivity contribution in [1.82, 2.24) is 9.55 Å². The van der Waals surface area contributed by atoms with Gasteiger partial charge in [-0.05, 0) is 53.6 Å². The minimum atomic E-state index is 0.978. The van der Waals surface area contributed by atoms with E-state index in [4.69, 9.17) is 4.98 Å². The normalized spacial score (nSPS) is 11.7. The maximum atomic E-state index is 5.11. The van der Waals surface area contributed by atoms with E-state index in [-0.39, 0.29) is 0 Å². The summed E-state index contributed by atoms with van der Waals surface area (Å²) in [5, 5.41) is 3.98. The van der Waals surface area contributed by atoms with Gasteiger partial charge in [0.1, 0.15) is 4.83 Å². The summed E-state index contributed by atoms with van der Waals surface area (Å²) in [7, 11) is 0. The molecule has 0 unspecified atom stereocenters. The molecule has 9 rings (SSSR count). The van der Waals surface area contributed by atoms with Gasteiger partial charge in [0.05, 0.1) is 26.3 Å². The molecular weight excluding hydrogens is 561 g/mol. The molecule has 0 saturated heterocycles. The quantitative estimate of drug-likeness (QED) is 0.201. The molecule has 43 heavy (non-hydrogen) atoms. The van der Waals surface area contributed by atoms with Crippen LogP contribution in [0.3, 0.4) is 0 Å². The van der Waals surface area contributed by atoms with Gasteiger partial charge in [0.2, 0.25) is 0 Å². The van der Waals surface area contributed by atoms with Gasteiger partial charge in [-0.1, -0.05) is 103 Å². The molecule has 0 spiro atoms. The van der Waals surface area contributed by atoms with E-state index in [9.17, 15) is 0 Å². The van der Waals surface area contributed by atoms with E-state index in [1.54, 1.807) is 0 Å². The van der Waals surface area contributed by atoms with E-state index in [0.29, 0.717) is 0 Å². The zero-order chi connectivity index (χ0) is 28.3. The van der Waals surface area contributed by atoms with Gasteiger partial charge in [0.25, 0.3) is 0 Å². The third-order valence-corrected chi connectivity index (χ3v) is 10.7. The Bertz CT molecular complexity index is 2380. The van der Waals surface area contributed by atoms with Crippen molar-refractivity contribution in [1.29, 1.82) is 0 Å². The Morgan fingerprint density at radius 2 is 1.09 bits per heavy atom. The molecule has 0 saturated carbocycles. The number of rotatable bonds is 4. The summed E-state index contributed by atoms with van der Waals surface area (Å²) in [5.74, 6) is 0. The predicted molar refractivity (Wildman–Crippen MR) is 186 cm³/mol. The number of hydrogen-bond donors (Lipinski definition) is 0. The molecule has 5 aromatic carbocycles. The number of hydrogen-bond acceptors (Lipinski definition) is 3. The average molecular weight is 585 g/mol. The Kier molecular flexibility index (Phi) is 5.58. The van der Waals surface area contributed by atoms with Crippen LogP contribution in [0.25, 0.3) is 79.9 Å². The standard InChI is InChI=1S/C39H24N2S2/c1-4-12-25(13-5-1)32-23-28(24-33(40-32)26-14-6-2-7-15-26)27-20-21-34-31(22-27)36-38-37(30-18-10-11-19-35(30)42-38)43-39(36)41(34)29-16-8-3-9-17-29/h1-24H. The maximum absolute atomic E-state index is 5.11. The molecule has 0 atom stereocenters. The topological polar surface area (TPSA) is 17.8 Å². The van der Waals surface area contributed by atoms with Crippen LogP contribution >= 0.6 is 22.7 Å². The highest BCUT2D eigenvalue weighted by atomic mass is 32.1. The fourth-order valence-electron chi connectivity index (χ4n) is 6.19. The van der Waals surface area contributed by atoms with Crippen LogP contribution < -0.4 is 0 Å². The third-order valence-electron chi connectivity index (χ3n) is 8.21. The first-order valence-corrected chi connectivity index (χ1v) is 16.0. The van der Waals surface area contributed by atoms with Crippen molar-refractivity contribution in [3.05, 3.63) is 146 Å². The Labute approximate surface area is 256 Å². The zero-order valence-electron chi connectivity index (χ0n) is 23.1. The molecule has 0 N–H and O–H groups in total. The molecule has 9 aromatic rings. The Hall–Kier alpha value is -5.03. The van der Waals surface area contributed by atoms with E-state index in [1.807, 2.05) is 22.7 Å². The van der Waals surface area contributed by atoms with E-state index in [0.717, 1.165) is 28.1 Å². The Morgan fingerprint density at radius 1 is 0.465 bits per heavy atom. The molecule has 202 valence electrons. The molecule has 4 heterocycles. The van der Waals surface area contributed by atoms with Crippen LogP contribution in [-0.4, -0.2) is 9.55 Å². The van der Waals surface area contributed by atoms with E-state index >= 15 is 0 Å². The van der Waals surface area contributed by atoms with Crippen LogP contribution in [-0.2, 0) is 0 Å². The number of fused-ring (bicyclic) bond motifs is 7.